The maximum absolute atomic E-state index is 5.99. The van der Waals surface area contributed by atoms with Gasteiger partial charge in [0.15, 0.2) is 0 Å². The summed E-state index contributed by atoms with van der Waals surface area (Å²) >= 11 is 0. The Morgan fingerprint density at radius 1 is 1.47 bits per heavy atom. The van der Waals surface area contributed by atoms with Gasteiger partial charge in [0, 0.05) is 30.3 Å². The summed E-state index contributed by atoms with van der Waals surface area (Å²) < 4.78 is 5.80. The fourth-order valence-corrected chi connectivity index (χ4v) is 2.06. The van der Waals surface area contributed by atoms with Crippen LogP contribution in [0.4, 0.5) is 5.69 Å². The zero-order valence-electron chi connectivity index (χ0n) is 10.9. The highest BCUT2D eigenvalue weighted by Crippen LogP contribution is 2.26. The molecule has 0 aliphatic heterocycles. The molecule has 0 radical (unpaired) electrons. The average Bonchev–Trinajstić information content (AvgIpc) is 2.33. The molecule has 0 bridgehead atoms. The average molecular weight is 237 g/mol. The van der Waals surface area contributed by atoms with Crippen molar-refractivity contribution in [2.75, 3.05) is 19.4 Å². The van der Waals surface area contributed by atoms with Crippen LogP contribution in [0.5, 0.6) is 0 Å². The lowest BCUT2D eigenvalue weighted by atomic mass is 9.98. The maximum Gasteiger partial charge on any atom is 0.0770 e. The van der Waals surface area contributed by atoms with Crippen molar-refractivity contribution in [2.45, 2.75) is 38.8 Å². The minimum absolute atomic E-state index is 0.101. The number of nitrogens with two attached hydrogens (primary N) is 1. The molecule has 2 atom stereocenters. The van der Waals surface area contributed by atoms with E-state index in [1.54, 1.807) is 6.20 Å². The molecule has 0 aliphatic rings. The summed E-state index contributed by atoms with van der Waals surface area (Å²) in [7, 11) is 1.93. The molecular weight excluding hydrogens is 214 g/mol. The largest absolute Gasteiger partial charge is 0.398 e. The highest BCUT2D eigenvalue weighted by Gasteiger charge is 2.23. The number of nitrogen functional groups attached to an aromatic ring is 1. The number of likely N-dealkylation sites (N-methyl/N-ethyl adjacent to an activating group) is 1. The number of ether oxygens (including phenoxy) is 1. The summed E-state index contributed by atoms with van der Waals surface area (Å²) in [6, 6.07) is 1.93. The van der Waals surface area contributed by atoms with Gasteiger partial charge in [0.2, 0.25) is 0 Å². The number of pyridine rings is 1. The van der Waals surface area contributed by atoms with Crippen molar-refractivity contribution in [3.8, 4) is 0 Å². The van der Waals surface area contributed by atoms with E-state index in [0.717, 1.165) is 24.1 Å². The molecule has 1 aromatic heterocycles. The molecule has 0 saturated heterocycles. The minimum atomic E-state index is 0.101. The molecule has 0 saturated carbocycles. The molecule has 2 unspecified atom stereocenters. The van der Waals surface area contributed by atoms with E-state index in [2.05, 4.69) is 17.2 Å². The van der Waals surface area contributed by atoms with Gasteiger partial charge >= 0.3 is 0 Å². The quantitative estimate of drug-likeness (QED) is 0.762. The minimum Gasteiger partial charge on any atom is -0.398 e. The molecule has 4 heteroatoms. The summed E-state index contributed by atoms with van der Waals surface area (Å²) in [5.41, 5.74) is 7.77. The van der Waals surface area contributed by atoms with Crippen LogP contribution >= 0.6 is 0 Å². The third kappa shape index (κ3) is 3.68. The van der Waals surface area contributed by atoms with Crippen molar-refractivity contribution in [3.05, 3.63) is 24.0 Å². The van der Waals surface area contributed by atoms with Gasteiger partial charge in [-0.25, -0.2) is 0 Å². The fraction of sp³-hybridized carbons (Fsp3) is 0.615. The molecule has 1 heterocycles. The van der Waals surface area contributed by atoms with E-state index in [4.69, 9.17) is 10.5 Å². The van der Waals surface area contributed by atoms with E-state index < -0.39 is 0 Å². The molecule has 1 aromatic rings. The van der Waals surface area contributed by atoms with Crippen LogP contribution in [0.3, 0.4) is 0 Å². The van der Waals surface area contributed by atoms with Crippen molar-refractivity contribution >= 4 is 5.69 Å². The number of nitrogens with zero attached hydrogens (tertiary/aromatic N) is 1. The van der Waals surface area contributed by atoms with Gasteiger partial charge in [-0.3, -0.25) is 4.98 Å². The summed E-state index contributed by atoms with van der Waals surface area (Å²) in [4.78, 5) is 4.14. The van der Waals surface area contributed by atoms with Crippen molar-refractivity contribution in [2.24, 2.45) is 0 Å². The zero-order valence-corrected chi connectivity index (χ0v) is 10.9. The second kappa shape index (κ2) is 7.25. The van der Waals surface area contributed by atoms with Crippen molar-refractivity contribution in [1.29, 1.82) is 0 Å². The highest BCUT2D eigenvalue weighted by molar-refractivity contribution is 5.46. The van der Waals surface area contributed by atoms with E-state index in [1.807, 2.05) is 26.2 Å². The molecule has 17 heavy (non-hydrogen) atoms. The highest BCUT2D eigenvalue weighted by atomic mass is 16.5. The normalized spacial score (nSPS) is 14.5. The van der Waals surface area contributed by atoms with Gasteiger partial charge in [0.25, 0.3) is 0 Å². The van der Waals surface area contributed by atoms with Crippen LogP contribution in [-0.4, -0.2) is 24.7 Å². The number of hydrogen-bond donors (Lipinski definition) is 2. The van der Waals surface area contributed by atoms with Crippen LogP contribution in [0.1, 0.15) is 38.3 Å². The van der Waals surface area contributed by atoms with Crippen molar-refractivity contribution < 1.29 is 4.74 Å². The van der Waals surface area contributed by atoms with Gasteiger partial charge in [-0.1, -0.05) is 13.3 Å². The number of nitrogens with one attached hydrogen (secondary N) is 1. The first-order chi connectivity index (χ1) is 8.24. The van der Waals surface area contributed by atoms with Crippen molar-refractivity contribution in [3.63, 3.8) is 0 Å². The molecule has 0 fully saturated rings. The van der Waals surface area contributed by atoms with Gasteiger partial charge in [0.1, 0.15) is 0 Å². The van der Waals surface area contributed by atoms with Crippen LogP contribution in [-0.2, 0) is 4.74 Å². The Morgan fingerprint density at radius 2 is 2.24 bits per heavy atom. The van der Waals surface area contributed by atoms with Crippen LogP contribution < -0.4 is 11.1 Å². The summed E-state index contributed by atoms with van der Waals surface area (Å²) in [6.07, 6.45) is 5.76. The van der Waals surface area contributed by atoms with Gasteiger partial charge in [-0.15, -0.1) is 0 Å². The zero-order chi connectivity index (χ0) is 12.7. The van der Waals surface area contributed by atoms with Crippen LogP contribution in [0, 0.1) is 0 Å². The van der Waals surface area contributed by atoms with Gasteiger partial charge < -0.3 is 15.8 Å². The molecule has 0 spiro atoms. The fourth-order valence-electron chi connectivity index (χ4n) is 2.06. The third-order valence-corrected chi connectivity index (χ3v) is 2.86. The SMILES string of the molecule is CCCC(OCC)C(NC)c1cnccc1N. The second-order valence-electron chi connectivity index (χ2n) is 4.05. The first-order valence-electron chi connectivity index (χ1n) is 6.22. The topological polar surface area (TPSA) is 60.2 Å². The third-order valence-electron chi connectivity index (χ3n) is 2.86. The number of rotatable bonds is 7. The molecule has 0 amide bonds. The smallest absolute Gasteiger partial charge is 0.0770 e. The molecular formula is C13H23N3O. The first kappa shape index (κ1) is 13.9. The van der Waals surface area contributed by atoms with Crippen LogP contribution in [0.25, 0.3) is 0 Å². The molecule has 96 valence electrons. The van der Waals surface area contributed by atoms with Gasteiger partial charge in [0.05, 0.1) is 12.1 Å². The number of aromatic nitrogens is 1. The van der Waals surface area contributed by atoms with Crippen LogP contribution in [0.15, 0.2) is 18.5 Å². The lowest BCUT2D eigenvalue weighted by Crippen LogP contribution is -2.32. The number of hydrogen-bond acceptors (Lipinski definition) is 4. The Labute approximate surface area is 104 Å². The monoisotopic (exact) mass is 237 g/mol. The lowest BCUT2D eigenvalue weighted by molar-refractivity contribution is 0.0296. The number of anilines is 1. The molecule has 3 N–H and O–H groups in total. The maximum atomic E-state index is 5.99. The Bertz CT molecular complexity index is 324. The van der Waals surface area contributed by atoms with Crippen LogP contribution in [0.2, 0.25) is 0 Å². The lowest BCUT2D eigenvalue weighted by Gasteiger charge is -2.27. The predicted octanol–water partition coefficient (Wildman–Crippen LogP) is 2.13. The summed E-state index contributed by atoms with van der Waals surface area (Å²) in [5.74, 6) is 0. The van der Waals surface area contributed by atoms with Gasteiger partial charge in [-0.05, 0) is 26.5 Å². The summed E-state index contributed by atoms with van der Waals surface area (Å²) in [5, 5.41) is 3.28. The Balaban J connectivity index is 2.91. The Morgan fingerprint density at radius 3 is 2.76 bits per heavy atom. The van der Waals surface area contributed by atoms with E-state index in [1.165, 1.54) is 0 Å². The summed E-state index contributed by atoms with van der Waals surface area (Å²) in [6.45, 7) is 4.89. The van der Waals surface area contributed by atoms with Crippen molar-refractivity contribution in [1.82, 2.24) is 10.3 Å². The second-order valence-corrected chi connectivity index (χ2v) is 4.05. The van der Waals surface area contributed by atoms with E-state index in [0.29, 0.717) is 6.61 Å². The molecule has 1 rings (SSSR count). The Hall–Kier alpha value is -1.13. The molecule has 0 aliphatic carbocycles. The first-order valence-corrected chi connectivity index (χ1v) is 6.22. The van der Waals surface area contributed by atoms with E-state index in [9.17, 15) is 0 Å². The van der Waals surface area contributed by atoms with E-state index >= 15 is 0 Å². The Kier molecular flexibility index (Phi) is 5.94. The van der Waals surface area contributed by atoms with Gasteiger partial charge in [-0.2, -0.15) is 0 Å². The molecule has 0 aromatic carbocycles. The standard InChI is InChI=1S/C13H23N3O/c1-4-6-12(17-5-2)13(15-3)10-9-16-8-7-11(10)14/h7-9,12-13,15H,4-6H2,1-3H3,(H2,14,16). The predicted molar refractivity (Wildman–Crippen MR) is 70.8 cm³/mol. The van der Waals surface area contributed by atoms with E-state index in [-0.39, 0.29) is 12.1 Å². The molecule has 4 nitrogen and oxygen atoms in total.